The monoisotopic (exact) mass is 261 g/mol. The highest BCUT2D eigenvalue weighted by Crippen LogP contribution is 2.28. The molecule has 0 radical (unpaired) electrons. The van der Waals surface area contributed by atoms with Gasteiger partial charge >= 0.3 is 0 Å². The van der Waals surface area contributed by atoms with Gasteiger partial charge in [-0.05, 0) is 41.8 Å². The van der Waals surface area contributed by atoms with E-state index in [0.29, 0.717) is 17.4 Å². The summed E-state index contributed by atoms with van der Waals surface area (Å²) in [5.41, 5.74) is 3.26. The molecule has 1 atom stereocenters. The first-order valence-electron chi connectivity index (χ1n) is 7.66. The van der Waals surface area contributed by atoms with Gasteiger partial charge in [-0.3, -0.25) is 0 Å². The summed E-state index contributed by atoms with van der Waals surface area (Å²) in [6.07, 6.45) is 2.45. The molecule has 0 aliphatic heterocycles. The summed E-state index contributed by atoms with van der Waals surface area (Å²) in [6, 6.07) is 9.64. The van der Waals surface area contributed by atoms with Crippen LogP contribution in [0.3, 0.4) is 0 Å². The number of hydrogen-bond acceptors (Lipinski definition) is 1. The molecule has 1 N–H and O–H groups in total. The van der Waals surface area contributed by atoms with Gasteiger partial charge in [0.1, 0.15) is 0 Å². The van der Waals surface area contributed by atoms with E-state index >= 15 is 0 Å². The molecule has 108 valence electrons. The zero-order valence-corrected chi connectivity index (χ0v) is 13.6. The maximum Gasteiger partial charge on any atom is 0.0320 e. The lowest BCUT2D eigenvalue weighted by Crippen LogP contribution is -2.22. The molecule has 1 nitrogen and oxygen atoms in total. The van der Waals surface area contributed by atoms with Crippen molar-refractivity contribution in [1.29, 1.82) is 0 Å². The van der Waals surface area contributed by atoms with Gasteiger partial charge < -0.3 is 5.32 Å². The molecule has 1 aromatic rings. The van der Waals surface area contributed by atoms with Gasteiger partial charge in [-0.25, -0.2) is 0 Å². The maximum absolute atomic E-state index is 3.62. The number of benzene rings is 1. The second-order valence-electron chi connectivity index (χ2n) is 7.03. The average molecular weight is 261 g/mol. The Bertz CT molecular complexity index is 356. The Morgan fingerprint density at radius 2 is 1.53 bits per heavy atom. The smallest absolute Gasteiger partial charge is 0.0320 e. The van der Waals surface area contributed by atoms with E-state index in [1.54, 1.807) is 0 Å². The molecular formula is C18H31N. The van der Waals surface area contributed by atoms with Gasteiger partial charge in [-0.2, -0.15) is 0 Å². The normalized spacial score (nSPS) is 13.8. The predicted octanol–water partition coefficient (Wildman–Crippen LogP) is 5.29. The lowest BCUT2D eigenvalue weighted by atomic mass is 9.87. The third-order valence-electron chi connectivity index (χ3n) is 3.64. The minimum atomic E-state index is 0.408. The van der Waals surface area contributed by atoms with E-state index < -0.39 is 0 Å². The van der Waals surface area contributed by atoms with Crippen LogP contribution in [0.4, 0.5) is 0 Å². The van der Waals surface area contributed by atoms with Crippen molar-refractivity contribution in [2.75, 3.05) is 6.54 Å². The first kappa shape index (κ1) is 16.2. The number of nitrogens with one attached hydrogen (secondary N) is 1. The standard InChI is InChI=1S/C18H31N/c1-7-19-17(12-13-18(4,5)6)16-10-8-15(9-11-16)14(2)3/h8-11,14,17,19H,7,12-13H2,1-6H3. The lowest BCUT2D eigenvalue weighted by molar-refractivity contribution is 0.334. The summed E-state index contributed by atoms with van der Waals surface area (Å²) in [4.78, 5) is 0. The summed E-state index contributed by atoms with van der Waals surface area (Å²) in [7, 11) is 0. The molecule has 1 aromatic carbocycles. The van der Waals surface area contributed by atoms with Crippen LogP contribution in [-0.4, -0.2) is 6.54 Å². The predicted molar refractivity (Wildman–Crippen MR) is 85.6 cm³/mol. The molecule has 19 heavy (non-hydrogen) atoms. The van der Waals surface area contributed by atoms with Crippen molar-refractivity contribution in [3.05, 3.63) is 35.4 Å². The minimum absolute atomic E-state index is 0.408. The van der Waals surface area contributed by atoms with Crippen molar-refractivity contribution in [3.63, 3.8) is 0 Å². The highest BCUT2D eigenvalue weighted by Gasteiger charge is 2.16. The highest BCUT2D eigenvalue weighted by atomic mass is 14.9. The van der Waals surface area contributed by atoms with Crippen LogP contribution < -0.4 is 5.32 Å². The van der Waals surface area contributed by atoms with Crippen molar-refractivity contribution in [2.45, 2.75) is 66.3 Å². The summed E-state index contributed by atoms with van der Waals surface area (Å²) >= 11 is 0. The minimum Gasteiger partial charge on any atom is -0.310 e. The fourth-order valence-electron chi connectivity index (χ4n) is 2.32. The Morgan fingerprint density at radius 1 is 1.00 bits per heavy atom. The highest BCUT2D eigenvalue weighted by molar-refractivity contribution is 5.26. The molecule has 0 bridgehead atoms. The van der Waals surface area contributed by atoms with Gasteiger partial charge in [-0.1, -0.05) is 65.8 Å². The van der Waals surface area contributed by atoms with Crippen LogP contribution in [0.1, 0.15) is 77.5 Å². The Kier molecular flexibility index (Phi) is 6.06. The quantitative estimate of drug-likeness (QED) is 0.734. The molecule has 1 heteroatoms. The van der Waals surface area contributed by atoms with Crippen molar-refractivity contribution in [2.24, 2.45) is 5.41 Å². The Labute approximate surface area is 119 Å². The van der Waals surface area contributed by atoms with Gasteiger partial charge in [0, 0.05) is 6.04 Å². The second kappa shape index (κ2) is 7.09. The molecule has 1 unspecified atom stereocenters. The van der Waals surface area contributed by atoms with E-state index in [9.17, 15) is 0 Å². The molecule has 0 aliphatic rings. The third-order valence-corrected chi connectivity index (χ3v) is 3.64. The first-order valence-corrected chi connectivity index (χ1v) is 7.66. The van der Waals surface area contributed by atoms with Gasteiger partial charge in [-0.15, -0.1) is 0 Å². The molecule has 0 saturated heterocycles. The summed E-state index contributed by atoms with van der Waals surface area (Å²) < 4.78 is 0. The van der Waals surface area contributed by atoms with Crippen LogP contribution in [-0.2, 0) is 0 Å². The van der Waals surface area contributed by atoms with E-state index in [1.807, 2.05) is 0 Å². The SMILES string of the molecule is CCNC(CCC(C)(C)C)c1ccc(C(C)C)cc1. The van der Waals surface area contributed by atoms with E-state index in [4.69, 9.17) is 0 Å². The average Bonchev–Trinajstić information content (AvgIpc) is 2.33. The Morgan fingerprint density at radius 3 is 1.95 bits per heavy atom. The third kappa shape index (κ3) is 5.78. The molecule has 1 rings (SSSR count). The topological polar surface area (TPSA) is 12.0 Å². The Hall–Kier alpha value is -0.820. The largest absolute Gasteiger partial charge is 0.310 e. The van der Waals surface area contributed by atoms with Crippen molar-refractivity contribution < 1.29 is 0 Å². The van der Waals surface area contributed by atoms with Crippen LogP contribution >= 0.6 is 0 Å². The van der Waals surface area contributed by atoms with Gasteiger partial charge in [0.05, 0.1) is 0 Å². The molecule has 0 aromatic heterocycles. The maximum atomic E-state index is 3.62. The summed E-state index contributed by atoms with van der Waals surface area (Å²) in [5.74, 6) is 0.612. The van der Waals surface area contributed by atoms with Gasteiger partial charge in [0.2, 0.25) is 0 Å². The van der Waals surface area contributed by atoms with Crippen LogP contribution in [0.2, 0.25) is 0 Å². The van der Waals surface area contributed by atoms with E-state index in [2.05, 4.69) is 71.1 Å². The van der Waals surface area contributed by atoms with E-state index in [-0.39, 0.29) is 0 Å². The zero-order valence-electron chi connectivity index (χ0n) is 13.6. The van der Waals surface area contributed by atoms with Crippen LogP contribution in [0.15, 0.2) is 24.3 Å². The van der Waals surface area contributed by atoms with Crippen molar-refractivity contribution >= 4 is 0 Å². The first-order chi connectivity index (χ1) is 8.83. The molecule has 0 saturated carbocycles. The van der Waals surface area contributed by atoms with E-state index in [0.717, 1.165) is 6.54 Å². The van der Waals surface area contributed by atoms with Gasteiger partial charge in [0.25, 0.3) is 0 Å². The molecular weight excluding hydrogens is 230 g/mol. The molecule has 0 amide bonds. The summed E-state index contributed by atoms with van der Waals surface area (Å²) in [5, 5.41) is 3.62. The molecule has 0 fully saturated rings. The fraction of sp³-hybridized carbons (Fsp3) is 0.667. The summed E-state index contributed by atoms with van der Waals surface area (Å²) in [6.45, 7) is 14.7. The van der Waals surface area contributed by atoms with Gasteiger partial charge in [0.15, 0.2) is 0 Å². The number of hydrogen-bond donors (Lipinski definition) is 1. The fourth-order valence-corrected chi connectivity index (χ4v) is 2.32. The molecule has 0 spiro atoms. The van der Waals surface area contributed by atoms with Crippen LogP contribution in [0.5, 0.6) is 0 Å². The zero-order chi connectivity index (χ0) is 14.5. The molecule has 0 heterocycles. The lowest BCUT2D eigenvalue weighted by Gasteiger charge is -2.24. The molecule has 0 aliphatic carbocycles. The second-order valence-corrected chi connectivity index (χ2v) is 7.03. The van der Waals surface area contributed by atoms with Crippen molar-refractivity contribution in [1.82, 2.24) is 5.32 Å². The van der Waals surface area contributed by atoms with E-state index in [1.165, 1.54) is 24.0 Å². The van der Waals surface area contributed by atoms with Crippen LogP contribution in [0, 0.1) is 5.41 Å². The van der Waals surface area contributed by atoms with Crippen LogP contribution in [0.25, 0.3) is 0 Å². The Balaban J connectivity index is 2.75. The van der Waals surface area contributed by atoms with Crippen molar-refractivity contribution in [3.8, 4) is 0 Å². The number of rotatable bonds is 6.